The van der Waals surface area contributed by atoms with Gasteiger partial charge in [0.1, 0.15) is 11.9 Å². The van der Waals surface area contributed by atoms with Gasteiger partial charge in [-0.15, -0.1) is 0 Å². The van der Waals surface area contributed by atoms with E-state index in [9.17, 15) is 15.0 Å². The van der Waals surface area contributed by atoms with Crippen LogP contribution in [0.3, 0.4) is 0 Å². The second-order valence-electron chi connectivity index (χ2n) is 9.05. The van der Waals surface area contributed by atoms with E-state index in [-0.39, 0.29) is 16.7 Å². The highest BCUT2D eigenvalue weighted by atomic mass is 16.4. The first-order chi connectivity index (χ1) is 11.0. The summed E-state index contributed by atoms with van der Waals surface area (Å²) in [6.07, 6.45) is 3.40. The number of carbonyl (C=O) groups excluding carboxylic acids is 1. The Kier molecular flexibility index (Phi) is 5.35. The summed E-state index contributed by atoms with van der Waals surface area (Å²) in [5.74, 6) is 0.925. The first kappa shape index (κ1) is 19.6. The van der Waals surface area contributed by atoms with Crippen molar-refractivity contribution in [3.8, 4) is 0 Å². The van der Waals surface area contributed by atoms with Gasteiger partial charge in [-0.2, -0.15) is 0 Å². The highest BCUT2D eigenvalue weighted by Crippen LogP contribution is 2.60. The van der Waals surface area contributed by atoms with Gasteiger partial charge < -0.3 is 15.3 Å². The Labute approximate surface area is 146 Å². The lowest BCUT2D eigenvalue weighted by Gasteiger charge is -2.57. The highest BCUT2D eigenvalue weighted by molar-refractivity contribution is 5.85. The fourth-order valence-corrected chi connectivity index (χ4v) is 5.31. The molecule has 4 nitrogen and oxygen atoms in total. The zero-order valence-corrected chi connectivity index (χ0v) is 15.6. The molecule has 0 bridgehead atoms. The van der Waals surface area contributed by atoms with Crippen LogP contribution in [0.15, 0.2) is 12.2 Å². The molecule has 0 aromatic carbocycles. The standard InChI is InChI=1S/C20H34O4/c1-13-6-7-15-18(2,3)16(22)9-10-19(15,4)14(13)8-11-20(5,24)17(23)12-21/h14-15,17,21,23-24H,1,6-12H2,2-5H3/t14-,15-,17-,19+,20-/m1/s1. The maximum atomic E-state index is 12.4. The van der Waals surface area contributed by atoms with Gasteiger partial charge in [-0.3, -0.25) is 4.79 Å². The molecule has 2 fully saturated rings. The van der Waals surface area contributed by atoms with Crippen molar-refractivity contribution in [3.63, 3.8) is 0 Å². The second kappa shape index (κ2) is 6.54. The minimum Gasteiger partial charge on any atom is -0.394 e. The van der Waals surface area contributed by atoms with Crippen molar-refractivity contribution in [1.29, 1.82) is 0 Å². The van der Waals surface area contributed by atoms with Gasteiger partial charge in [0.15, 0.2) is 0 Å². The Morgan fingerprint density at radius 1 is 1.33 bits per heavy atom. The maximum absolute atomic E-state index is 12.4. The van der Waals surface area contributed by atoms with Crippen molar-refractivity contribution in [1.82, 2.24) is 0 Å². The Morgan fingerprint density at radius 3 is 2.54 bits per heavy atom. The van der Waals surface area contributed by atoms with Gasteiger partial charge in [0.2, 0.25) is 0 Å². The predicted octanol–water partition coefficient (Wildman–Crippen LogP) is 2.85. The first-order valence-electron chi connectivity index (χ1n) is 9.19. The van der Waals surface area contributed by atoms with Crippen molar-refractivity contribution in [2.24, 2.45) is 22.7 Å². The molecule has 5 atom stereocenters. The molecular weight excluding hydrogens is 304 g/mol. The van der Waals surface area contributed by atoms with Gasteiger partial charge in [-0.05, 0) is 56.3 Å². The normalized spacial score (nSPS) is 36.8. The molecule has 138 valence electrons. The van der Waals surface area contributed by atoms with Gasteiger partial charge in [0.25, 0.3) is 0 Å². The molecule has 2 aliphatic rings. The van der Waals surface area contributed by atoms with E-state index in [2.05, 4.69) is 27.4 Å². The summed E-state index contributed by atoms with van der Waals surface area (Å²) in [6, 6.07) is 0. The smallest absolute Gasteiger partial charge is 0.138 e. The highest BCUT2D eigenvalue weighted by Gasteiger charge is 2.56. The van der Waals surface area contributed by atoms with Crippen molar-refractivity contribution < 1.29 is 20.1 Å². The van der Waals surface area contributed by atoms with Crippen LogP contribution in [-0.4, -0.2) is 39.4 Å². The molecule has 0 aliphatic heterocycles. The summed E-state index contributed by atoms with van der Waals surface area (Å²) in [7, 11) is 0. The van der Waals surface area contributed by atoms with E-state index in [1.54, 1.807) is 6.92 Å². The van der Waals surface area contributed by atoms with Crippen LogP contribution in [0.5, 0.6) is 0 Å². The number of hydrogen-bond donors (Lipinski definition) is 3. The SMILES string of the molecule is C=C1CC[C@@H]2C(C)(C)C(=O)CC[C@@]2(C)[C@@H]1CC[C@@](C)(O)[C@H](O)CO. The van der Waals surface area contributed by atoms with E-state index in [1.165, 1.54) is 5.57 Å². The maximum Gasteiger partial charge on any atom is 0.138 e. The van der Waals surface area contributed by atoms with Crippen LogP contribution < -0.4 is 0 Å². The third kappa shape index (κ3) is 3.21. The van der Waals surface area contributed by atoms with Crippen molar-refractivity contribution in [2.45, 2.75) is 77.9 Å². The summed E-state index contributed by atoms with van der Waals surface area (Å²) in [5.41, 5.74) is -0.405. The lowest BCUT2D eigenvalue weighted by atomic mass is 9.46. The predicted molar refractivity (Wildman–Crippen MR) is 94.4 cm³/mol. The van der Waals surface area contributed by atoms with E-state index >= 15 is 0 Å². The molecule has 0 heterocycles. The minimum atomic E-state index is -1.31. The molecule has 0 saturated heterocycles. The molecule has 3 N–H and O–H groups in total. The number of aliphatic hydroxyl groups excluding tert-OH is 2. The van der Waals surface area contributed by atoms with E-state index in [4.69, 9.17) is 5.11 Å². The van der Waals surface area contributed by atoms with Gasteiger partial charge in [0.05, 0.1) is 12.2 Å². The van der Waals surface area contributed by atoms with Crippen LogP contribution in [0, 0.1) is 22.7 Å². The summed E-state index contributed by atoms with van der Waals surface area (Å²) in [6.45, 7) is 11.8. The summed E-state index contributed by atoms with van der Waals surface area (Å²) >= 11 is 0. The fraction of sp³-hybridized carbons (Fsp3) is 0.850. The fourth-order valence-electron chi connectivity index (χ4n) is 5.31. The number of rotatable bonds is 5. The van der Waals surface area contributed by atoms with Crippen LogP contribution in [0.2, 0.25) is 0 Å². The van der Waals surface area contributed by atoms with Crippen LogP contribution in [0.25, 0.3) is 0 Å². The number of allylic oxidation sites excluding steroid dienone is 1. The third-order valence-electron chi connectivity index (χ3n) is 7.15. The van der Waals surface area contributed by atoms with Gasteiger partial charge in [-0.1, -0.05) is 32.9 Å². The summed E-state index contributed by atoms with van der Waals surface area (Å²) in [4.78, 5) is 12.4. The van der Waals surface area contributed by atoms with Gasteiger partial charge >= 0.3 is 0 Å². The summed E-state index contributed by atoms with van der Waals surface area (Å²) in [5, 5.41) is 29.4. The number of ketones is 1. The molecule has 24 heavy (non-hydrogen) atoms. The topological polar surface area (TPSA) is 77.8 Å². The van der Waals surface area contributed by atoms with E-state index < -0.39 is 18.3 Å². The molecule has 2 saturated carbocycles. The minimum absolute atomic E-state index is 0.00693. The van der Waals surface area contributed by atoms with Crippen molar-refractivity contribution in [2.75, 3.05) is 6.61 Å². The van der Waals surface area contributed by atoms with Crippen molar-refractivity contribution >= 4 is 5.78 Å². The van der Waals surface area contributed by atoms with E-state index in [0.717, 1.165) is 25.7 Å². The first-order valence-corrected chi connectivity index (χ1v) is 9.19. The Morgan fingerprint density at radius 2 is 1.96 bits per heavy atom. The number of hydrogen-bond acceptors (Lipinski definition) is 4. The lowest BCUT2D eigenvalue weighted by molar-refractivity contribution is -0.146. The van der Waals surface area contributed by atoms with Crippen LogP contribution in [0.1, 0.15) is 66.2 Å². The van der Waals surface area contributed by atoms with E-state index in [0.29, 0.717) is 24.5 Å². The average molecular weight is 338 g/mol. The summed E-state index contributed by atoms with van der Waals surface area (Å²) < 4.78 is 0. The molecule has 0 aromatic rings. The molecule has 4 heteroatoms. The molecule has 0 unspecified atom stereocenters. The number of fused-ring (bicyclic) bond motifs is 1. The number of aliphatic hydroxyl groups is 3. The Balaban J connectivity index is 2.22. The lowest BCUT2D eigenvalue weighted by Crippen LogP contribution is -2.53. The van der Waals surface area contributed by atoms with Crippen LogP contribution >= 0.6 is 0 Å². The molecule has 0 spiro atoms. The molecule has 0 amide bonds. The van der Waals surface area contributed by atoms with Crippen LogP contribution in [0.4, 0.5) is 0 Å². The Hall–Kier alpha value is -0.710. The second-order valence-corrected chi connectivity index (χ2v) is 9.05. The zero-order valence-electron chi connectivity index (χ0n) is 15.6. The molecule has 0 aromatic heterocycles. The van der Waals surface area contributed by atoms with Gasteiger partial charge in [0, 0.05) is 11.8 Å². The van der Waals surface area contributed by atoms with E-state index in [1.807, 2.05) is 0 Å². The largest absolute Gasteiger partial charge is 0.394 e. The quantitative estimate of drug-likeness (QED) is 0.674. The number of carbonyl (C=O) groups is 1. The molecule has 2 rings (SSSR count). The van der Waals surface area contributed by atoms with Crippen molar-refractivity contribution in [3.05, 3.63) is 12.2 Å². The Bertz CT molecular complexity index is 508. The average Bonchev–Trinajstić information content (AvgIpc) is 2.49. The third-order valence-corrected chi connectivity index (χ3v) is 7.15. The molecule has 0 radical (unpaired) electrons. The zero-order chi connectivity index (χ0) is 18.3. The molecule has 2 aliphatic carbocycles. The molecular formula is C20H34O4. The monoisotopic (exact) mass is 338 g/mol. The number of Topliss-reactive ketones (excluding diaryl/α,β-unsaturated/α-hetero) is 1. The van der Waals surface area contributed by atoms with Crippen LogP contribution in [-0.2, 0) is 4.79 Å². The van der Waals surface area contributed by atoms with Gasteiger partial charge in [-0.25, -0.2) is 0 Å².